The Morgan fingerprint density at radius 1 is 1.03 bits per heavy atom. The first-order chi connectivity index (χ1) is 15.9. The van der Waals surface area contributed by atoms with E-state index in [0.717, 1.165) is 22.3 Å². The number of aliphatic hydroxyl groups excluding tert-OH is 1. The average Bonchev–Trinajstić information content (AvgIpc) is 2.80. The number of hydrogen-bond acceptors (Lipinski definition) is 5. The molecule has 2 heterocycles. The molecule has 4 rings (SSSR count). The van der Waals surface area contributed by atoms with Gasteiger partial charge in [-0.25, -0.2) is 8.78 Å². The fourth-order valence-electron chi connectivity index (χ4n) is 3.52. The maximum atomic E-state index is 13.5. The van der Waals surface area contributed by atoms with Crippen molar-refractivity contribution < 1.29 is 53.3 Å². The number of nitrogens with zero attached hydrogens (tertiary/aromatic N) is 2. The Labute approximate surface area is 215 Å². The Balaban J connectivity index is 0.00000324. The van der Waals surface area contributed by atoms with Gasteiger partial charge in [0.05, 0.1) is 23.2 Å². The van der Waals surface area contributed by atoms with Gasteiger partial charge < -0.3 is 15.5 Å². The molecule has 2 aromatic heterocycles. The standard InChI is InChI=1S/C24H19F2N3O4.Na/c25-16-3-1-14(2-4-16)11-15-12-19-21(28-13-15)22(31)20(23(32)27-9-10-30)24(33)29(19)18-7-5-17(26)6-8-18;/h1-8,12-13,30-31H,9-11H2,(H,27,32);/q;+1/p-1. The predicted molar refractivity (Wildman–Crippen MR) is 115 cm³/mol. The van der Waals surface area contributed by atoms with Crippen LogP contribution in [0.3, 0.4) is 0 Å². The molecular weight excluding hydrogens is 455 g/mol. The van der Waals surface area contributed by atoms with Crippen LogP contribution >= 0.6 is 0 Å². The minimum atomic E-state index is -0.936. The topological polar surface area (TPSA) is 107 Å². The Hall–Kier alpha value is -3.11. The number of halogens is 2. The number of hydrogen-bond donors (Lipinski definition) is 2. The summed E-state index contributed by atoms with van der Waals surface area (Å²) in [7, 11) is 0. The minimum Gasteiger partial charge on any atom is -0.870 e. The van der Waals surface area contributed by atoms with Crippen LogP contribution in [-0.4, -0.2) is 33.7 Å². The summed E-state index contributed by atoms with van der Waals surface area (Å²) in [5.74, 6) is -2.68. The normalized spacial score (nSPS) is 10.7. The molecule has 0 fully saturated rings. The molecular formula is C24H18F2N3NaO4. The molecule has 2 N–H and O–H groups in total. The average molecular weight is 473 g/mol. The summed E-state index contributed by atoms with van der Waals surface area (Å²) in [4.78, 5) is 30.0. The van der Waals surface area contributed by atoms with E-state index >= 15 is 0 Å². The van der Waals surface area contributed by atoms with E-state index in [1.54, 1.807) is 18.2 Å². The van der Waals surface area contributed by atoms with Crippen LogP contribution in [0.4, 0.5) is 8.78 Å². The molecule has 0 aliphatic heterocycles. The van der Waals surface area contributed by atoms with Gasteiger partial charge in [-0.1, -0.05) is 17.9 Å². The first kappa shape index (κ1) is 25.5. The van der Waals surface area contributed by atoms with Crippen molar-refractivity contribution in [2.75, 3.05) is 13.2 Å². The van der Waals surface area contributed by atoms with Crippen LogP contribution in [-0.2, 0) is 6.42 Å². The Bertz CT molecular complexity index is 1390. The smallest absolute Gasteiger partial charge is 0.870 e. The second-order valence-electron chi connectivity index (χ2n) is 7.32. The number of nitrogens with one attached hydrogen (secondary N) is 1. The Morgan fingerprint density at radius 3 is 2.26 bits per heavy atom. The first-order valence-corrected chi connectivity index (χ1v) is 10.0. The largest absolute Gasteiger partial charge is 1.00 e. The van der Waals surface area contributed by atoms with Crippen LogP contribution in [0.25, 0.3) is 16.7 Å². The third-order valence-electron chi connectivity index (χ3n) is 5.05. The van der Waals surface area contributed by atoms with Gasteiger partial charge in [0, 0.05) is 18.4 Å². The van der Waals surface area contributed by atoms with Crippen LogP contribution in [0, 0.1) is 11.6 Å². The number of fused-ring (bicyclic) bond motifs is 1. The summed E-state index contributed by atoms with van der Waals surface area (Å²) in [5, 5.41) is 24.3. The van der Waals surface area contributed by atoms with Crippen molar-refractivity contribution in [2.45, 2.75) is 6.42 Å². The van der Waals surface area contributed by atoms with E-state index in [1.165, 1.54) is 30.5 Å². The molecule has 34 heavy (non-hydrogen) atoms. The number of rotatable bonds is 6. The van der Waals surface area contributed by atoms with Gasteiger partial charge in [0.15, 0.2) is 0 Å². The van der Waals surface area contributed by atoms with Crippen molar-refractivity contribution in [3.05, 3.63) is 99.5 Å². The van der Waals surface area contributed by atoms with E-state index in [9.17, 15) is 23.5 Å². The van der Waals surface area contributed by atoms with Gasteiger partial charge in [-0.3, -0.25) is 19.1 Å². The van der Waals surface area contributed by atoms with Crippen LogP contribution in [0.15, 0.2) is 65.6 Å². The van der Waals surface area contributed by atoms with Crippen molar-refractivity contribution in [1.82, 2.24) is 14.9 Å². The molecule has 0 spiro atoms. The van der Waals surface area contributed by atoms with Gasteiger partial charge >= 0.3 is 29.6 Å². The third-order valence-corrected chi connectivity index (χ3v) is 5.05. The molecule has 1 amide bonds. The molecule has 0 unspecified atom stereocenters. The first-order valence-electron chi connectivity index (χ1n) is 10.0. The molecule has 4 aromatic rings. The Morgan fingerprint density at radius 2 is 1.65 bits per heavy atom. The third kappa shape index (κ3) is 5.18. The van der Waals surface area contributed by atoms with Crippen molar-refractivity contribution >= 4 is 16.9 Å². The van der Waals surface area contributed by atoms with Gasteiger partial charge in [-0.15, -0.1) is 0 Å². The SMILES string of the molecule is O=C(NCCO)c1c([O-])c2ncc(Cc3ccc(F)cc3)cc2n(-c2ccc(F)cc2)c1=O.[Na+]. The molecule has 2 aromatic carbocycles. The number of aliphatic hydroxyl groups is 1. The number of aromatic nitrogens is 2. The zero-order chi connectivity index (χ0) is 23.5. The van der Waals surface area contributed by atoms with E-state index < -0.39 is 28.6 Å². The molecule has 0 bridgehead atoms. The van der Waals surface area contributed by atoms with Gasteiger partial charge in [-0.05, 0) is 60.0 Å². The van der Waals surface area contributed by atoms with E-state index in [4.69, 9.17) is 5.11 Å². The maximum Gasteiger partial charge on any atom is 1.00 e. The number of carbonyl (C=O) groups is 1. The molecule has 10 heteroatoms. The predicted octanol–water partition coefficient (Wildman–Crippen LogP) is -0.946. The summed E-state index contributed by atoms with van der Waals surface area (Å²) in [5.41, 5.74) is 0.153. The van der Waals surface area contributed by atoms with Crippen LogP contribution in [0.1, 0.15) is 21.5 Å². The van der Waals surface area contributed by atoms with Gasteiger partial charge in [0.2, 0.25) is 0 Å². The summed E-state index contributed by atoms with van der Waals surface area (Å²) < 4.78 is 27.8. The van der Waals surface area contributed by atoms with Crippen LogP contribution < -0.4 is 45.5 Å². The zero-order valence-corrected chi connectivity index (χ0v) is 20.2. The quantitative estimate of drug-likeness (QED) is 0.352. The van der Waals surface area contributed by atoms with E-state index in [0.29, 0.717) is 12.0 Å². The second-order valence-corrected chi connectivity index (χ2v) is 7.32. The van der Waals surface area contributed by atoms with E-state index in [-0.39, 0.29) is 65.2 Å². The zero-order valence-electron chi connectivity index (χ0n) is 18.2. The van der Waals surface area contributed by atoms with Crippen molar-refractivity contribution in [2.24, 2.45) is 0 Å². The van der Waals surface area contributed by atoms with Crippen LogP contribution in [0.2, 0.25) is 0 Å². The Kier molecular flexibility index (Phi) is 8.16. The van der Waals surface area contributed by atoms with Gasteiger partial charge in [0.25, 0.3) is 11.5 Å². The van der Waals surface area contributed by atoms with Gasteiger partial charge in [0.1, 0.15) is 11.6 Å². The number of carbonyl (C=O) groups excluding carboxylic acids is 1. The monoisotopic (exact) mass is 473 g/mol. The molecule has 0 aliphatic carbocycles. The summed E-state index contributed by atoms with van der Waals surface area (Å²) in [6.07, 6.45) is 1.80. The summed E-state index contributed by atoms with van der Waals surface area (Å²) >= 11 is 0. The van der Waals surface area contributed by atoms with Crippen LogP contribution in [0.5, 0.6) is 5.75 Å². The van der Waals surface area contributed by atoms with E-state index in [2.05, 4.69) is 10.3 Å². The molecule has 0 saturated heterocycles. The van der Waals surface area contributed by atoms with Crippen molar-refractivity contribution in [1.29, 1.82) is 0 Å². The molecule has 0 atom stereocenters. The number of amides is 1. The molecule has 168 valence electrons. The fourth-order valence-corrected chi connectivity index (χ4v) is 3.52. The van der Waals surface area contributed by atoms with Gasteiger partial charge in [-0.2, -0.15) is 0 Å². The summed E-state index contributed by atoms with van der Waals surface area (Å²) in [6, 6.07) is 12.5. The molecule has 0 saturated carbocycles. The second kappa shape index (κ2) is 10.9. The maximum absolute atomic E-state index is 13.5. The van der Waals surface area contributed by atoms with Crippen molar-refractivity contribution in [3.8, 4) is 11.4 Å². The van der Waals surface area contributed by atoms with E-state index in [1.807, 2.05) is 0 Å². The number of benzene rings is 2. The minimum absolute atomic E-state index is 0. The molecule has 0 radical (unpaired) electrons. The van der Waals surface area contributed by atoms with Crippen molar-refractivity contribution in [3.63, 3.8) is 0 Å². The molecule has 0 aliphatic rings. The number of pyridine rings is 2. The summed E-state index contributed by atoms with van der Waals surface area (Å²) in [6.45, 7) is -0.513. The molecule has 7 nitrogen and oxygen atoms in total. The fraction of sp³-hybridized carbons (Fsp3) is 0.125.